The monoisotopic (exact) mass is 268 g/mol. The van der Waals surface area contributed by atoms with Gasteiger partial charge in [-0.3, -0.25) is 0 Å². The van der Waals surface area contributed by atoms with Crippen LogP contribution >= 0.6 is 12.2 Å². The van der Waals surface area contributed by atoms with Gasteiger partial charge in [-0.25, -0.2) is 0 Å². The van der Waals surface area contributed by atoms with Crippen molar-refractivity contribution in [3.05, 3.63) is 17.8 Å². The van der Waals surface area contributed by atoms with E-state index in [1.165, 1.54) is 0 Å². The Bertz CT molecular complexity index is 409. The summed E-state index contributed by atoms with van der Waals surface area (Å²) in [5, 5.41) is 11.1. The summed E-state index contributed by atoms with van der Waals surface area (Å²) in [6.45, 7) is 5.81. The van der Waals surface area contributed by atoms with Crippen molar-refractivity contribution in [3.8, 4) is 0 Å². The first-order chi connectivity index (χ1) is 8.46. The van der Waals surface area contributed by atoms with Gasteiger partial charge in [-0.2, -0.15) is 5.10 Å². The van der Waals surface area contributed by atoms with E-state index in [0.717, 1.165) is 25.1 Å². The number of nitrogens with one attached hydrogen (secondary N) is 1. The Morgan fingerprint density at radius 2 is 2.28 bits per heavy atom. The Morgan fingerprint density at radius 1 is 1.56 bits per heavy atom. The van der Waals surface area contributed by atoms with Gasteiger partial charge in [0.25, 0.3) is 0 Å². The van der Waals surface area contributed by atoms with Gasteiger partial charge in [-0.05, 0) is 17.9 Å². The van der Waals surface area contributed by atoms with E-state index in [2.05, 4.69) is 29.4 Å². The molecule has 0 radical (unpaired) electrons. The van der Waals surface area contributed by atoms with E-state index in [0.29, 0.717) is 10.8 Å². The van der Waals surface area contributed by atoms with E-state index in [1.807, 2.05) is 0 Å². The van der Waals surface area contributed by atoms with Crippen LogP contribution in [0.1, 0.15) is 25.8 Å². The molecule has 0 saturated heterocycles. The fourth-order valence-electron chi connectivity index (χ4n) is 1.45. The van der Waals surface area contributed by atoms with E-state index >= 15 is 0 Å². The molecule has 1 heterocycles. The molecule has 1 rings (SSSR count). The third kappa shape index (κ3) is 4.54. The first-order valence-electron chi connectivity index (χ1n) is 5.80. The zero-order valence-electron chi connectivity index (χ0n) is 11.1. The average Bonchev–Trinajstić information content (AvgIpc) is 2.34. The van der Waals surface area contributed by atoms with Crippen molar-refractivity contribution in [1.29, 1.82) is 0 Å². The quantitative estimate of drug-likeness (QED) is 0.732. The number of hydrogen-bond donors (Lipinski definition) is 2. The van der Waals surface area contributed by atoms with Crippen LogP contribution in [0.5, 0.6) is 0 Å². The number of hydrogen-bond acceptors (Lipinski definition) is 5. The van der Waals surface area contributed by atoms with Crippen molar-refractivity contribution in [1.82, 2.24) is 10.2 Å². The van der Waals surface area contributed by atoms with Crippen LogP contribution in [-0.4, -0.2) is 35.4 Å². The Morgan fingerprint density at radius 3 is 2.89 bits per heavy atom. The Labute approximate surface area is 113 Å². The molecule has 6 heteroatoms. The molecule has 100 valence electrons. The first-order valence-corrected chi connectivity index (χ1v) is 6.21. The highest BCUT2D eigenvalue weighted by atomic mass is 32.1. The van der Waals surface area contributed by atoms with Gasteiger partial charge in [-0.15, -0.1) is 5.10 Å². The van der Waals surface area contributed by atoms with Crippen LogP contribution in [0.2, 0.25) is 0 Å². The third-order valence-corrected chi connectivity index (χ3v) is 2.92. The number of nitrogens with two attached hydrogens (primary N) is 1. The van der Waals surface area contributed by atoms with Gasteiger partial charge >= 0.3 is 0 Å². The lowest BCUT2D eigenvalue weighted by molar-refractivity contribution is 0.157. The summed E-state index contributed by atoms with van der Waals surface area (Å²) >= 11 is 4.98. The molecule has 18 heavy (non-hydrogen) atoms. The van der Waals surface area contributed by atoms with E-state index in [1.54, 1.807) is 19.4 Å². The molecule has 0 unspecified atom stereocenters. The van der Waals surface area contributed by atoms with Gasteiger partial charge < -0.3 is 15.8 Å². The summed E-state index contributed by atoms with van der Waals surface area (Å²) in [5.74, 6) is 0.635. The molecule has 3 N–H and O–H groups in total. The van der Waals surface area contributed by atoms with Crippen molar-refractivity contribution in [3.63, 3.8) is 0 Å². The number of ether oxygens (including phenoxy) is 1. The number of rotatable bonds is 7. The van der Waals surface area contributed by atoms with Crippen molar-refractivity contribution in [2.75, 3.05) is 25.6 Å². The smallest absolute Gasteiger partial charge is 0.158 e. The van der Waals surface area contributed by atoms with E-state index in [4.69, 9.17) is 22.7 Å². The number of methoxy groups -OCH3 is 1. The predicted molar refractivity (Wildman–Crippen MR) is 76.7 cm³/mol. The maximum Gasteiger partial charge on any atom is 0.158 e. The number of aromatic nitrogens is 2. The summed E-state index contributed by atoms with van der Waals surface area (Å²) in [6, 6.07) is 1.76. The van der Waals surface area contributed by atoms with Gasteiger partial charge in [0, 0.05) is 20.3 Å². The van der Waals surface area contributed by atoms with Crippen LogP contribution < -0.4 is 11.1 Å². The molecule has 0 spiro atoms. The van der Waals surface area contributed by atoms with Crippen LogP contribution in [0.3, 0.4) is 0 Å². The summed E-state index contributed by atoms with van der Waals surface area (Å²) in [6.07, 6.45) is 2.54. The standard InChI is InChI=1S/C12H20N4OS/c1-12(2,5-7-17-3)8-14-11-9(10(13)18)4-6-15-16-11/h4,6H,5,7-8H2,1-3H3,(H2,13,18)(H,14,16). The van der Waals surface area contributed by atoms with Crippen molar-refractivity contribution in [2.24, 2.45) is 11.1 Å². The minimum absolute atomic E-state index is 0.0982. The Kier molecular flexibility index (Phi) is 5.43. The molecule has 0 aliphatic rings. The minimum Gasteiger partial charge on any atom is -0.389 e. The molecule has 0 fully saturated rings. The van der Waals surface area contributed by atoms with Gasteiger partial charge in [0.2, 0.25) is 0 Å². The highest BCUT2D eigenvalue weighted by Crippen LogP contribution is 2.21. The fourth-order valence-corrected chi connectivity index (χ4v) is 1.62. The predicted octanol–water partition coefficient (Wildman–Crippen LogP) is 1.59. The highest BCUT2D eigenvalue weighted by molar-refractivity contribution is 7.80. The third-order valence-electron chi connectivity index (χ3n) is 2.70. The molecule has 1 aromatic heterocycles. The molecule has 0 amide bonds. The van der Waals surface area contributed by atoms with Crippen LogP contribution in [0, 0.1) is 5.41 Å². The lowest BCUT2D eigenvalue weighted by Gasteiger charge is -2.25. The van der Waals surface area contributed by atoms with Crippen molar-refractivity contribution in [2.45, 2.75) is 20.3 Å². The normalized spacial score (nSPS) is 11.3. The lowest BCUT2D eigenvalue weighted by Crippen LogP contribution is -2.26. The number of anilines is 1. The fraction of sp³-hybridized carbons (Fsp3) is 0.583. The summed E-state index contributed by atoms with van der Waals surface area (Å²) < 4.78 is 5.10. The summed E-state index contributed by atoms with van der Waals surface area (Å²) in [7, 11) is 1.71. The molecule has 1 aromatic rings. The zero-order valence-corrected chi connectivity index (χ0v) is 11.9. The van der Waals surface area contributed by atoms with E-state index in [-0.39, 0.29) is 5.41 Å². The van der Waals surface area contributed by atoms with Crippen LogP contribution in [0.4, 0.5) is 5.82 Å². The van der Waals surface area contributed by atoms with Gasteiger partial charge in [0.15, 0.2) is 5.82 Å². The Hall–Kier alpha value is -1.27. The number of nitrogens with zero attached hydrogens (tertiary/aromatic N) is 2. The second-order valence-corrected chi connectivity index (χ2v) is 5.36. The maximum absolute atomic E-state index is 5.64. The van der Waals surface area contributed by atoms with E-state index < -0.39 is 0 Å². The molecular weight excluding hydrogens is 248 g/mol. The lowest BCUT2D eigenvalue weighted by atomic mass is 9.89. The molecule has 0 bridgehead atoms. The molecule has 0 aromatic carbocycles. The van der Waals surface area contributed by atoms with Gasteiger partial charge in [0.1, 0.15) is 4.99 Å². The number of thiocarbonyl (C=S) groups is 1. The first kappa shape index (κ1) is 14.8. The summed E-state index contributed by atoms with van der Waals surface area (Å²) in [4.78, 5) is 0.321. The minimum atomic E-state index is 0.0982. The van der Waals surface area contributed by atoms with Crippen molar-refractivity contribution < 1.29 is 4.74 Å². The molecule has 0 saturated carbocycles. The molecular formula is C12H20N4OS. The van der Waals surface area contributed by atoms with Crippen LogP contribution in [-0.2, 0) is 4.74 Å². The molecule has 0 aliphatic heterocycles. The van der Waals surface area contributed by atoms with Crippen LogP contribution in [0.25, 0.3) is 0 Å². The van der Waals surface area contributed by atoms with Gasteiger partial charge in [-0.1, -0.05) is 26.1 Å². The second-order valence-electron chi connectivity index (χ2n) is 4.92. The average molecular weight is 268 g/mol. The van der Waals surface area contributed by atoms with Crippen LogP contribution in [0.15, 0.2) is 12.3 Å². The maximum atomic E-state index is 5.64. The topological polar surface area (TPSA) is 73.1 Å². The molecule has 0 aliphatic carbocycles. The van der Waals surface area contributed by atoms with E-state index in [9.17, 15) is 0 Å². The SMILES string of the molecule is COCCC(C)(C)CNc1nnccc1C(N)=S. The largest absolute Gasteiger partial charge is 0.389 e. The zero-order chi connectivity index (χ0) is 13.6. The Balaban J connectivity index is 2.65. The molecule has 0 atom stereocenters. The van der Waals surface area contributed by atoms with Crippen molar-refractivity contribution >= 4 is 23.0 Å². The molecule has 5 nitrogen and oxygen atoms in total. The highest BCUT2D eigenvalue weighted by Gasteiger charge is 2.18. The summed E-state index contributed by atoms with van der Waals surface area (Å²) in [5.41, 5.74) is 6.46. The van der Waals surface area contributed by atoms with Gasteiger partial charge in [0.05, 0.1) is 11.8 Å². The second kappa shape index (κ2) is 6.61.